The topological polar surface area (TPSA) is 55.0 Å². The van der Waals surface area contributed by atoms with Crippen molar-refractivity contribution in [1.29, 1.82) is 0 Å². The average Bonchev–Trinajstić information content (AvgIpc) is 2.19. The van der Waals surface area contributed by atoms with E-state index in [1.165, 1.54) is 0 Å². The lowest BCUT2D eigenvalue weighted by Crippen LogP contribution is -2.37. The van der Waals surface area contributed by atoms with Crippen molar-refractivity contribution in [2.75, 3.05) is 25.0 Å². The molecule has 0 saturated carbocycles. The second-order valence-electron chi connectivity index (χ2n) is 4.29. The molecule has 0 atom stereocenters. The Morgan fingerprint density at radius 1 is 1.43 bits per heavy atom. The first-order valence-electron chi connectivity index (χ1n) is 4.72. The highest BCUT2D eigenvalue weighted by Gasteiger charge is 2.18. The van der Waals surface area contributed by atoms with Crippen molar-refractivity contribution in [2.24, 2.45) is 11.1 Å². The molecule has 1 aromatic rings. The predicted octanol–water partition coefficient (Wildman–Crippen LogP) is 0.898. The summed E-state index contributed by atoms with van der Waals surface area (Å²) in [5.74, 6) is 0.883. The van der Waals surface area contributed by atoms with Crippen molar-refractivity contribution in [1.82, 2.24) is 9.97 Å². The molecular formula is C10H18N4. The van der Waals surface area contributed by atoms with Crippen LogP contribution in [0.25, 0.3) is 0 Å². The van der Waals surface area contributed by atoms with Crippen molar-refractivity contribution in [3.05, 3.63) is 18.6 Å². The standard InChI is InChI=1S/C10H18N4/c1-10(2,7-11)8-14(3)9-6-12-4-5-13-9/h4-6H,7-8,11H2,1-3H3. The van der Waals surface area contributed by atoms with Crippen LogP contribution >= 0.6 is 0 Å². The Hall–Kier alpha value is -1.16. The van der Waals surface area contributed by atoms with Crippen LogP contribution in [0.5, 0.6) is 0 Å². The smallest absolute Gasteiger partial charge is 0.146 e. The van der Waals surface area contributed by atoms with Crippen molar-refractivity contribution in [3.8, 4) is 0 Å². The normalized spacial score (nSPS) is 11.4. The minimum Gasteiger partial charge on any atom is -0.358 e. The van der Waals surface area contributed by atoms with E-state index in [0.717, 1.165) is 12.4 Å². The number of aromatic nitrogens is 2. The molecule has 0 fully saturated rings. The van der Waals surface area contributed by atoms with E-state index in [4.69, 9.17) is 5.73 Å². The van der Waals surface area contributed by atoms with Gasteiger partial charge in [0.05, 0.1) is 6.20 Å². The summed E-state index contributed by atoms with van der Waals surface area (Å²) in [4.78, 5) is 10.3. The van der Waals surface area contributed by atoms with Crippen LogP contribution in [0.4, 0.5) is 5.82 Å². The first-order valence-corrected chi connectivity index (χ1v) is 4.72. The molecule has 0 bridgehead atoms. The zero-order valence-corrected chi connectivity index (χ0v) is 9.07. The van der Waals surface area contributed by atoms with E-state index in [0.29, 0.717) is 6.54 Å². The summed E-state index contributed by atoms with van der Waals surface area (Å²) in [6.07, 6.45) is 5.12. The summed E-state index contributed by atoms with van der Waals surface area (Å²) in [6, 6.07) is 0. The third kappa shape index (κ3) is 2.96. The minimum atomic E-state index is 0.103. The van der Waals surface area contributed by atoms with Gasteiger partial charge in [0.1, 0.15) is 5.82 Å². The van der Waals surface area contributed by atoms with E-state index in [1.54, 1.807) is 18.6 Å². The first-order chi connectivity index (χ1) is 6.55. The molecule has 0 aliphatic heterocycles. The Bertz CT molecular complexity index is 271. The quantitative estimate of drug-likeness (QED) is 0.773. The molecule has 1 rings (SSSR count). The average molecular weight is 194 g/mol. The molecule has 0 aromatic carbocycles. The molecule has 0 aliphatic rings. The Morgan fingerprint density at radius 2 is 2.14 bits per heavy atom. The lowest BCUT2D eigenvalue weighted by Gasteiger charge is -2.29. The zero-order valence-electron chi connectivity index (χ0n) is 9.07. The van der Waals surface area contributed by atoms with Crippen LogP contribution < -0.4 is 10.6 Å². The van der Waals surface area contributed by atoms with Crippen LogP contribution in [-0.4, -0.2) is 30.1 Å². The lowest BCUT2D eigenvalue weighted by molar-refractivity contribution is 0.384. The van der Waals surface area contributed by atoms with Crippen LogP contribution in [0, 0.1) is 5.41 Å². The van der Waals surface area contributed by atoms with E-state index in [2.05, 4.69) is 28.7 Å². The van der Waals surface area contributed by atoms with E-state index in [1.807, 2.05) is 7.05 Å². The van der Waals surface area contributed by atoms with E-state index >= 15 is 0 Å². The number of nitrogens with two attached hydrogens (primary N) is 1. The van der Waals surface area contributed by atoms with Gasteiger partial charge in [-0.05, 0) is 12.0 Å². The Morgan fingerprint density at radius 3 is 2.64 bits per heavy atom. The molecule has 0 amide bonds. The molecule has 0 radical (unpaired) electrons. The highest BCUT2D eigenvalue weighted by Crippen LogP contribution is 2.17. The van der Waals surface area contributed by atoms with Gasteiger partial charge < -0.3 is 10.6 Å². The van der Waals surface area contributed by atoms with Crippen LogP contribution in [0.2, 0.25) is 0 Å². The van der Waals surface area contributed by atoms with E-state index in [9.17, 15) is 0 Å². The Kier molecular flexibility index (Phi) is 3.41. The van der Waals surface area contributed by atoms with Crippen LogP contribution in [0.3, 0.4) is 0 Å². The van der Waals surface area contributed by atoms with Crippen molar-refractivity contribution in [2.45, 2.75) is 13.8 Å². The zero-order chi connectivity index (χ0) is 10.6. The first kappa shape index (κ1) is 10.9. The maximum absolute atomic E-state index is 5.67. The summed E-state index contributed by atoms with van der Waals surface area (Å²) in [5, 5.41) is 0. The van der Waals surface area contributed by atoms with Crippen molar-refractivity contribution >= 4 is 5.82 Å². The second-order valence-corrected chi connectivity index (χ2v) is 4.29. The summed E-state index contributed by atoms with van der Waals surface area (Å²) in [7, 11) is 2.00. The van der Waals surface area contributed by atoms with Gasteiger partial charge in [0, 0.05) is 26.0 Å². The monoisotopic (exact) mass is 194 g/mol. The summed E-state index contributed by atoms with van der Waals surface area (Å²) in [6.45, 7) is 5.82. The fourth-order valence-electron chi connectivity index (χ4n) is 1.28. The third-order valence-electron chi connectivity index (χ3n) is 2.16. The van der Waals surface area contributed by atoms with Gasteiger partial charge in [-0.2, -0.15) is 0 Å². The molecule has 0 saturated heterocycles. The van der Waals surface area contributed by atoms with E-state index in [-0.39, 0.29) is 5.41 Å². The third-order valence-corrected chi connectivity index (χ3v) is 2.16. The summed E-state index contributed by atoms with van der Waals surface area (Å²) in [5.41, 5.74) is 5.77. The Labute approximate surface area is 85.2 Å². The van der Waals surface area contributed by atoms with Gasteiger partial charge in [-0.1, -0.05) is 13.8 Å². The Balaban J connectivity index is 2.64. The van der Waals surface area contributed by atoms with Gasteiger partial charge in [0.2, 0.25) is 0 Å². The van der Waals surface area contributed by atoms with Crippen molar-refractivity contribution in [3.63, 3.8) is 0 Å². The molecule has 14 heavy (non-hydrogen) atoms. The molecule has 0 spiro atoms. The summed E-state index contributed by atoms with van der Waals surface area (Å²) >= 11 is 0. The molecule has 1 aromatic heterocycles. The van der Waals surface area contributed by atoms with Crippen LogP contribution in [0.15, 0.2) is 18.6 Å². The van der Waals surface area contributed by atoms with Gasteiger partial charge in [0.25, 0.3) is 0 Å². The number of rotatable bonds is 4. The van der Waals surface area contributed by atoms with Crippen LogP contribution in [0.1, 0.15) is 13.8 Å². The largest absolute Gasteiger partial charge is 0.358 e. The van der Waals surface area contributed by atoms with Gasteiger partial charge in [-0.3, -0.25) is 4.98 Å². The number of hydrogen-bond acceptors (Lipinski definition) is 4. The fourth-order valence-corrected chi connectivity index (χ4v) is 1.28. The lowest BCUT2D eigenvalue weighted by atomic mass is 9.93. The number of hydrogen-bond donors (Lipinski definition) is 1. The molecule has 4 nitrogen and oxygen atoms in total. The second kappa shape index (κ2) is 4.37. The number of nitrogens with zero attached hydrogens (tertiary/aromatic N) is 3. The molecule has 78 valence electrons. The van der Waals surface area contributed by atoms with Gasteiger partial charge in [-0.15, -0.1) is 0 Å². The molecule has 0 unspecified atom stereocenters. The number of anilines is 1. The molecule has 0 aliphatic carbocycles. The van der Waals surface area contributed by atoms with Gasteiger partial charge in [-0.25, -0.2) is 4.98 Å². The molecule has 4 heteroatoms. The molecule has 2 N–H and O–H groups in total. The molecular weight excluding hydrogens is 176 g/mol. The fraction of sp³-hybridized carbons (Fsp3) is 0.600. The van der Waals surface area contributed by atoms with Gasteiger partial charge in [0.15, 0.2) is 0 Å². The summed E-state index contributed by atoms with van der Waals surface area (Å²) < 4.78 is 0. The minimum absolute atomic E-state index is 0.103. The predicted molar refractivity (Wildman–Crippen MR) is 58.1 cm³/mol. The van der Waals surface area contributed by atoms with Crippen LogP contribution in [-0.2, 0) is 0 Å². The molecule has 1 heterocycles. The highest BCUT2D eigenvalue weighted by molar-refractivity contribution is 5.33. The SMILES string of the molecule is CN(CC(C)(C)CN)c1cnccn1. The van der Waals surface area contributed by atoms with E-state index < -0.39 is 0 Å². The van der Waals surface area contributed by atoms with Crippen molar-refractivity contribution < 1.29 is 0 Å². The van der Waals surface area contributed by atoms with Gasteiger partial charge >= 0.3 is 0 Å². The highest BCUT2D eigenvalue weighted by atomic mass is 15.2. The maximum atomic E-state index is 5.67. The maximum Gasteiger partial charge on any atom is 0.146 e.